The van der Waals surface area contributed by atoms with Crippen LogP contribution in [-0.4, -0.2) is 35.2 Å². The van der Waals surface area contributed by atoms with Crippen molar-refractivity contribution >= 4 is 0 Å². The van der Waals surface area contributed by atoms with Gasteiger partial charge in [0.1, 0.15) is 0 Å². The van der Waals surface area contributed by atoms with Gasteiger partial charge >= 0.3 is 0 Å². The monoisotopic (exact) mass is 272 g/mol. The van der Waals surface area contributed by atoms with Crippen molar-refractivity contribution in [3.63, 3.8) is 0 Å². The molecule has 0 aromatic heterocycles. The van der Waals surface area contributed by atoms with Gasteiger partial charge in [-0.05, 0) is 62.7 Å². The summed E-state index contributed by atoms with van der Waals surface area (Å²) in [7, 11) is 0. The van der Waals surface area contributed by atoms with Gasteiger partial charge in [-0.1, -0.05) is 37.1 Å². The summed E-state index contributed by atoms with van der Waals surface area (Å²) in [6, 6.07) is 9.26. The van der Waals surface area contributed by atoms with E-state index in [2.05, 4.69) is 36.1 Å². The van der Waals surface area contributed by atoms with E-state index >= 15 is 0 Å². The van der Waals surface area contributed by atoms with Crippen LogP contribution >= 0.6 is 0 Å². The fraction of sp³-hybridized carbons (Fsp3) is 0.667. The maximum Gasteiger partial charge on any atom is 0.0695 e. The minimum Gasteiger partial charge on any atom is -0.391 e. The lowest BCUT2D eigenvalue weighted by Crippen LogP contribution is -2.48. The van der Waals surface area contributed by atoms with Crippen molar-refractivity contribution in [3.05, 3.63) is 35.4 Å². The molecular weight excluding hydrogens is 245 g/mol. The second kappa shape index (κ2) is 6.28. The van der Waals surface area contributed by atoms with E-state index < -0.39 is 0 Å². The molecule has 2 fully saturated rings. The smallest absolute Gasteiger partial charge is 0.0695 e. The van der Waals surface area contributed by atoms with Crippen molar-refractivity contribution in [2.24, 2.45) is 0 Å². The Morgan fingerprint density at radius 2 is 1.70 bits per heavy atom. The van der Waals surface area contributed by atoms with Gasteiger partial charge in [0.05, 0.1) is 6.10 Å². The van der Waals surface area contributed by atoms with E-state index in [1.54, 1.807) is 0 Å². The van der Waals surface area contributed by atoms with Crippen LogP contribution in [0.4, 0.5) is 0 Å². The zero-order chi connectivity index (χ0) is 13.9. The fourth-order valence-electron chi connectivity index (χ4n) is 4.10. The minimum atomic E-state index is -0.0845. The Bertz CT molecular complexity index is 437. The third-order valence-corrected chi connectivity index (χ3v) is 5.32. The maximum absolute atomic E-state index is 10.2. The molecule has 1 unspecified atom stereocenters. The van der Waals surface area contributed by atoms with Crippen LogP contribution in [0.25, 0.3) is 0 Å². The number of hydrogen-bond acceptors (Lipinski definition) is 2. The summed E-state index contributed by atoms with van der Waals surface area (Å²) in [6.45, 7) is 4.54. The van der Waals surface area contributed by atoms with E-state index in [9.17, 15) is 5.11 Å². The first-order valence-corrected chi connectivity index (χ1v) is 8.23. The summed E-state index contributed by atoms with van der Waals surface area (Å²) in [6.07, 6.45) is 7.09. The molecule has 1 aromatic carbocycles. The van der Waals surface area contributed by atoms with Crippen molar-refractivity contribution in [3.8, 4) is 0 Å². The van der Waals surface area contributed by atoms with Crippen molar-refractivity contribution in [2.45, 2.75) is 63.5 Å². The summed E-state index contributed by atoms with van der Waals surface area (Å²) >= 11 is 0. The number of aliphatic hydroxyl groups excluding tert-OH is 1. The number of hydrogen-bond donors (Lipinski definition) is 1. The standard InChI is InChI=1S/C18H27NO/c1-14-6-2-3-7-16(14)15-10-12-19(13-11-15)17-8-4-5-9-18(17)20/h2-3,6-7,15,17-18,20H,4-5,8-13H2,1H3/t17?,18-/m1/s1/i1-1. The van der Waals surface area contributed by atoms with Crippen LogP contribution in [-0.2, 0) is 0 Å². The summed E-state index contributed by atoms with van der Waals surface area (Å²) in [5.41, 5.74) is 2.97. The van der Waals surface area contributed by atoms with Crippen LogP contribution in [0.1, 0.15) is 55.6 Å². The lowest BCUT2D eigenvalue weighted by Gasteiger charge is -2.41. The summed E-state index contributed by atoms with van der Waals surface area (Å²) in [5.74, 6) is 0.716. The van der Waals surface area contributed by atoms with Gasteiger partial charge in [-0.25, -0.2) is 0 Å². The molecule has 1 N–H and O–H groups in total. The van der Waals surface area contributed by atoms with Crippen LogP contribution in [0.3, 0.4) is 0 Å². The SMILES string of the molecule is [11CH3]c1ccccc1C1CCN(C2CCCC[C@H]2O)CC1. The van der Waals surface area contributed by atoms with E-state index in [-0.39, 0.29) is 6.10 Å². The van der Waals surface area contributed by atoms with Crippen molar-refractivity contribution in [2.75, 3.05) is 13.1 Å². The zero-order valence-corrected chi connectivity index (χ0v) is 12.6. The number of rotatable bonds is 2. The first kappa shape index (κ1) is 14.1. The molecule has 0 radical (unpaired) electrons. The summed E-state index contributed by atoms with van der Waals surface area (Å²) < 4.78 is 0. The summed E-state index contributed by atoms with van der Waals surface area (Å²) in [5, 5.41) is 10.2. The topological polar surface area (TPSA) is 23.5 Å². The largest absolute Gasteiger partial charge is 0.391 e. The highest BCUT2D eigenvalue weighted by Crippen LogP contribution is 2.33. The second-order valence-corrected chi connectivity index (χ2v) is 6.59. The second-order valence-electron chi connectivity index (χ2n) is 6.59. The molecule has 1 aromatic rings. The lowest BCUT2D eigenvalue weighted by atomic mass is 9.81. The highest BCUT2D eigenvalue weighted by Gasteiger charge is 2.31. The molecule has 2 aliphatic rings. The molecule has 20 heavy (non-hydrogen) atoms. The molecule has 0 spiro atoms. The number of piperidine rings is 1. The van der Waals surface area contributed by atoms with Crippen LogP contribution in [0.5, 0.6) is 0 Å². The third kappa shape index (κ3) is 2.91. The molecule has 1 aliphatic heterocycles. The van der Waals surface area contributed by atoms with Gasteiger partial charge in [0.15, 0.2) is 0 Å². The molecule has 1 saturated heterocycles. The number of likely N-dealkylation sites (tertiary alicyclic amines) is 1. The van der Waals surface area contributed by atoms with Gasteiger partial charge in [0, 0.05) is 6.04 Å². The van der Waals surface area contributed by atoms with E-state index in [1.165, 1.54) is 43.2 Å². The Balaban J connectivity index is 1.61. The highest BCUT2D eigenvalue weighted by molar-refractivity contribution is 5.29. The molecule has 0 amide bonds. The molecule has 2 nitrogen and oxygen atoms in total. The zero-order valence-electron chi connectivity index (χ0n) is 12.6. The predicted octanol–water partition coefficient (Wildman–Crippen LogP) is 3.48. The molecule has 3 rings (SSSR count). The van der Waals surface area contributed by atoms with Crippen LogP contribution in [0.15, 0.2) is 24.3 Å². The number of aryl methyl sites for hydroxylation is 1. The Morgan fingerprint density at radius 1 is 1.00 bits per heavy atom. The van der Waals surface area contributed by atoms with Gasteiger partial charge in [0.25, 0.3) is 0 Å². The summed E-state index contributed by atoms with van der Waals surface area (Å²) in [4.78, 5) is 2.55. The van der Waals surface area contributed by atoms with Crippen molar-refractivity contribution < 1.29 is 5.11 Å². The lowest BCUT2D eigenvalue weighted by molar-refractivity contribution is 0.00868. The molecule has 110 valence electrons. The number of aliphatic hydroxyl groups is 1. The first-order chi connectivity index (χ1) is 9.75. The molecular formula is C18H27NO. The Labute approximate surface area is 122 Å². The molecule has 1 aliphatic carbocycles. The predicted molar refractivity (Wildman–Crippen MR) is 83.0 cm³/mol. The van der Waals surface area contributed by atoms with E-state index in [1.807, 2.05) is 0 Å². The minimum absolute atomic E-state index is 0.0845. The van der Waals surface area contributed by atoms with Gasteiger partial charge < -0.3 is 5.11 Å². The normalized spacial score (nSPS) is 29.5. The van der Waals surface area contributed by atoms with Gasteiger partial charge in [-0.3, -0.25) is 4.90 Å². The van der Waals surface area contributed by atoms with E-state index in [4.69, 9.17) is 0 Å². The van der Waals surface area contributed by atoms with Gasteiger partial charge in [-0.15, -0.1) is 0 Å². The number of benzene rings is 1. The van der Waals surface area contributed by atoms with Crippen LogP contribution in [0.2, 0.25) is 0 Å². The van der Waals surface area contributed by atoms with Crippen LogP contribution in [0, 0.1) is 6.92 Å². The molecule has 1 saturated carbocycles. The first-order valence-electron chi connectivity index (χ1n) is 8.23. The fourth-order valence-corrected chi connectivity index (χ4v) is 4.10. The van der Waals surface area contributed by atoms with Gasteiger partial charge in [-0.2, -0.15) is 0 Å². The Morgan fingerprint density at radius 3 is 2.40 bits per heavy atom. The average molecular weight is 272 g/mol. The highest BCUT2D eigenvalue weighted by atomic mass is 16.3. The molecule has 0 bridgehead atoms. The van der Waals surface area contributed by atoms with E-state index in [0.29, 0.717) is 12.0 Å². The quantitative estimate of drug-likeness (QED) is 0.891. The van der Waals surface area contributed by atoms with E-state index in [0.717, 1.165) is 19.5 Å². The molecule has 2 heteroatoms. The Kier molecular flexibility index (Phi) is 4.42. The third-order valence-electron chi connectivity index (χ3n) is 5.32. The molecule has 2 atom stereocenters. The Hall–Kier alpha value is -0.860. The molecule has 1 heterocycles. The van der Waals surface area contributed by atoms with Crippen LogP contribution < -0.4 is 0 Å². The average Bonchev–Trinajstić information content (AvgIpc) is 2.49. The van der Waals surface area contributed by atoms with Crippen molar-refractivity contribution in [1.82, 2.24) is 4.90 Å². The maximum atomic E-state index is 10.2. The van der Waals surface area contributed by atoms with Crippen molar-refractivity contribution in [1.29, 1.82) is 0 Å². The van der Waals surface area contributed by atoms with Gasteiger partial charge in [0.2, 0.25) is 0 Å². The number of nitrogens with zero attached hydrogens (tertiary/aromatic N) is 1.